The molecule has 0 spiro atoms. The second-order valence-corrected chi connectivity index (χ2v) is 3.84. The number of nitrogens with one attached hydrogen (secondary N) is 1. The minimum Gasteiger partial charge on any atom is -0.326 e. The van der Waals surface area contributed by atoms with Crippen LogP contribution in [0.5, 0.6) is 0 Å². The van der Waals surface area contributed by atoms with E-state index in [9.17, 15) is 4.79 Å². The van der Waals surface area contributed by atoms with Crippen molar-refractivity contribution in [1.82, 2.24) is 4.98 Å². The SMILES string of the molecule is CC(=O)Nc1ccc2nc(C)cc(C#N)c2c1. The number of benzene rings is 1. The van der Waals surface area contributed by atoms with E-state index in [4.69, 9.17) is 5.26 Å². The number of nitrogens with zero attached hydrogens (tertiary/aromatic N) is 2. The Kier molecular flexibility index (Phi) is 2.75. The topological polar surface area (TPSA) is 65.8 Å². The molecule has 0 saturated heterocycles. The van der Waals surface area contributed by atoms with E-state index in [1.54, 1.807) is 24.3 Å². The molecule has 0 aliphatic carbocycles. The van der Waals surface area contributed by atoms with Gasteiger partial charge in [-0.2, -0.15) is 5.26 Å². The third kappa shape index (κ3) is 2.23. The summed E-state index contributed by atoms with van der Waals surface area (Å²) in [6, 6.07) is 9.22. The Labute approximate surface area is 98.9 Å². The molecule has 1 aromatic heterocycles. The molecule has 1 aromatic carbocycles. The van der Waals surface area contributed by atoms with Crippen LogP contribution < -0.4 is 5.32 Å². The summed E-state index contributed by atoms with van der Waals surface area (Å²) in [5.41, 5.74) is 2.81. The number of nitriles is 1. The van der Waals surface area contributed by atoms with Gasteiger partial charge in [0.15, 0.2) is 0 Å². The van der Waals surface area contributed by atoms with Crippen LogP contribution in [0.15, 0.2) is 24.3 Å². The van der Waals surface area contributed by atoms with Gasteiger partial charge in [-0.1, -0.05) is 0 Å². The standard InChI is InChI=1S/C13H11N3O/c1-8-5-10(7-14)12-6-11(16-9(2)17)3-4-13(12)15-8/h3-6H,1-2H3,(H,16,17). The molecule has 2 rings (SSSR count). The highest BCUT2D eigenvalue weighted by Crippen LogP contribution is 2.21. The largest absolute Gasteiger partial charge is 0.326 e. The summed E-state index contributed by atoms with van der Waals surface area (Å²) in [7, 11) is 0. The number of aryl methyl sites for hydroxylation is 1. The lowest BCUT2D eigenvalue weighted by Crippen LogP contribution is -2.05. The highest BCUT2D eigenvalue weighted by atomic mass is 16.1. The molecule has 0 bridgehead atoms. The van der Waals surface area contributed by atoms with E-state index in [1.165, 1.54) is 6.92 Å². The van der Waals surface area contributed by atoms with Crippen LogP contribution >= 0.6 is 0 Å². The van der Waals surface area contributed by atoms with Crippen LogP contribution in [-0.4, -0.2) is 10.9 Å². The minimum absolute atomic E-state index is 0.136. The normalized spacial score (nSPS) is 9.94. The summed E-state index contributed by atoms with van der Waals surface area (Å²) in [4.78, 5) is 15.3. The number of hydrogen-bond donors (Lipinski definition) is 1. The van der Waals surface area contributed by atoms with Gasteiger partial charge in [0.25, 0.3) is 0 Å². The van der Waals surface area contributed by atoms with E-state index in [-0.39, 0.29) is 5.91 Å². The smallest absolute Gasteiger partial charge is 0.221 e. The second-order valence-electron chi connectivity index (χ2n) is 3.84. The molecular weight excluding hydrogens is 214 g/mol. The zero-order valence-corrected chi connectivity index (χ0v) is 9.61. The Hall–Kier alpha value is -2.41. The van der Waals surface area contributed by atoms with Crippen LogP contribution in [0.25, 0.3) is 10.9 Å². The van der Waals surface area contributed by atoms with Crippen molar-refractivity contribution < 1.29 is 4.79 Å². The molecule has 4 heteroatoms. The Morgan fingerprint density at radius 3 is 2.82 bits per heavy atom. The molecule has 84 valence electrons. The molecule has 0 aliphatic heterocycles. The fraction of sp³-hybridized carbons (Fsp3) is 0.154. The molecule has 0 atom stereocenters. The van der Waals surface area contributed by atoms with E-state index in [2.05, 4.69) is 16.4 Å². The number of fused-ring (bicyclic) bond motifs is 1. The monoisotopic (exact) mass is 225 g/mol. The van der Waals surface area contributed by atoms with Gasteiger partial charge in [-0.3, -0.25) is 9.78 Å². The molecule has 0 aliphatic rings. The number of anilines is 1. The van der Waals surface area contributed by atoms with Crippen LogP contribution in [0.2, 0.25) is 0 Å². The average Bonchev–Trinajstić information content (AvgIpc) is 2.27. The van der Waals surface area contributed by atoms with E-state index in [1.807, 2.05) is 6.92 Å². The van der Waals surface area contributed by atoms with Crippen LogP contribution in [0.4, 0.5) is 5.69 Å². The summed E-state index contributed by atoms with van der Waals surface area (Å²) >= 11 is 0. The van der Waals surface area contributed by atoms with Crippen molar-refractivity contribution in [3.8, 4) is 6.07 Å². The lowest BCUT2D eigenvalue weighted by atomic mass is 10.1. The fourth-order valence-corrected chi connectivity index (χ4v) is 1.73. The van der Waals surface area contributed by atoms with Gasteiger partial charge in [0.1, 0.15) is 0 Å². The number of carbonyl (C=O) groups is 1. The molecule has 1 amide bonds. The fourth-order valence-electron chi connectivity index (χ4n) is 1.73. The minimum atomic E-state index is -0.136. The Bertz CT molecular complexity index is 641. The summed E-state index contributed by atoms with van der Waals surface area (Å²) < 4.78 is 0. The van der Waals surface area contributed by atoms with Crippen molar-refractivity contribution in [1.29, 1.82) is 5.26 Å². The molecular formula is C13H11N3O. The number of pyridine rings is 1. The lowest BCUT2D eigenvalue weighted by Gasteiger charge is -2.05. The first kappa shape index (κ1) is 11.1. The number of carbonyl (C=O) groups excluding carboxylic acids is 1. The molecule has 1 N–H and O–H groups in total. The maximum Gasteiger partial charge on any atom is 0.221 e. The van der Waals surface area contributed by atoms with Crippen molar-refractivity contribution in [2.45, 2.75) is 13.8 Å². The van der Waals surface area contributed by atoms with Crippen molar-refractivity contribution in [2.75, 3.05) is 5.32 Å². The third-order valence-electron chi connectivity index (χ3n) is 2.38. The van der Waals surface area contributed by atoms with Crippen LogP contribution in [0, 0.1) is 18.3 Å². The Morgan fingerprint density at radius 2 is 2.18 bits per heavy atom. The first-order valence-corrected chi connectivity index (χ1v) is 5.19. The van der Waals surface area contributed by atoms with Gasteiger partial charge >= 0.3 is 0 Å². The van der Waals surface area contributed by atoms with Gasteiger partial charge in [-0.05, 0) is 31.2 Å². The van der Waals surface area contributed by atoms with Crippen molar-refractivity contribution in [2.24, 2.45) is 0 Å². The van der Waals surface area contributed by atoms with Crippen molar-refractivity contribution in [3.05, 3.63) is 35.5 Å². The summed E-state index contributed by atoms with van der Waals surface area (Å²) in [5.74, 6) is -0.136. The Morgan fingerprint density at radius 1 is 1.41 bits per heavy atom. The molecule has 0 fully saturated rings. The Balaban J connectivity index is 2.64. The maximum absolute atomic E-state index is 11.0. The van der Waals surface area contributed by atoms with Crippen LogP contribution in [-0.2, 0) is 4.79 Å². The molecule has 1 heterocycles. The quantitative estimate of drug-likeness (QED) is 0.810. The second kappa shape index (κ2) is 4.22. The van der Waals surface area contributed by atoms with E-state index >= 15 is 0 Å². The predicted molar refractivity (Wildman–Crippen MR) is 65.5 cm³/mol. The van der Waals surface area contributed by atoms with Gasteiger partial charge < -0.3 is 5.32 Å². The van der Waals surface area contributed by atoms with Crippen molar-refractivity contribution >= 4 is 22.5 Å². The van der Waals surface area contributed by atoms with Gasteiger partial charge in [-0.15, -0.1) is 0 Å². The average molecular weight is 225 g/mol. The predicted octanol–water partition coefficient (Wildman–Crippen LogP) is 2.37. The van der Waals surface area contributed by atoms with E-state index in [0.29, 0.717) is 11.3 Å². The number of aromatic nitrogens is 1. The lowest BCUT2D eigenvalue weighted by molar-refractivity contribution is -0.114. The molecule has 17 heavy (non-hydrogen) atoms. The number of hydrogen-bond acceptors (Lipinski definition) is 3. The maximum atomic E-state index is 11.0. The number of rotatable bonds is 1. The molecule has 0 saturated carbocycles. The highest BCUT2D eigenvalue weighted by molar-refractivity contribution is 5.93. The summed E-state index contributed by atoms with van der Waals surface area (Å²) in [6.45, 7) is 3.30. The first-order chi connectivity index (χ1) is 8.10. The van der Waals surface area contributed by atoms with E-state index in [0.717, 1.165) is 16.6 Å². The summed E-state index contributed by atoms with van der Waals surface area (Å²) in [6.07, 6.45) is 0. The van der Waals surface area contributed by atoms with Crippen LogP contribution in [0.1, 0.15) is 18.2 Å². The highest BCUT2D eigenvalue weighted by Gasteiger charge is 2.05. The van der Waals surface area contributed by atoms with Gasteiger partial charge in [0.2, 0.25) is 5.91 Å². The zero-order chi connectivity index (χ0) is 12.4. The van der Waals surface area contributed by atoms with Gasteiger partial charge in [0.05, 0.1) is 17.1 Å². The molecule has 0 unspecified atom stereocenters. The summed E-state index contributed by atoms with van der Waals surface area (Å²) in [5, 5.41) is 12.5. The first-order valence-electron chi connectivity index (χ1n) is 5.19. The molecule has 4 nitrogen and oxygen atoms in total. The molecule has 2 aromatic rings. The van der Waals surface area contributed by atoms with Gasteiger partial charge in [0, 0.05) is 23.7 Å². The number of amides is 1. The molecule has 0 radical (unpaired) electrons. The third-order valence-corrected chi connectivity index (χ3v) is 2.38. The van der Waals surface area contributed by atoms with E-state index < -0.39 is 0 Å². The van der Waals surface area contributed by atoms with Crippen molar-refractivity contribution in [3.63, 3.8) is 0 Å². The zero-order valence-electron chi connectivity index (χ0n) is 9.61. The van der Waals surface area contributed by atoms with Gasteiger partial charge in [-0.25, -0.2) is 0 Å². The van der Waals surface area contributed by atoms with Crippen LogP contribution in [0.3, 0.4) is 0 Å².